The molecule has 0 bridgehead atoms. The summed E-state index contributed by atoms with van der Waals surface area (Å²) in [6.07, 6.45) is 1.68. The largest absolute Gasteiger partial charge is 0.497 e. The highest BCUT2D eigenvalue weighted by atomic mass is 16.5. The standard InChI is InChI=1S/C28H30N2O5/c1-6-34-26-14-21(9-12-25(26)35-17-18(2)3)13-23-19(4)24(15-29)28(32)30(27(23)31)16-20-7-10-22(33-5)11-8-20/h7-14,18H,6,16-17H2,1-5H3/b23-13+. The molecule has 7 heteroatoms. The summed E-state index contributed by atoms with van der Waals surface area (Å²) < 4.78 is 16.8. The molecule has 1 aliphatic rings. The lowest BCUT2D eigenvalue weighted by Crippen LogP contribution is -2.42. The lowest BCUT2D eigenvalue weighted by molar-refractivity contribution is -0.141. The molecule has 0 saturated carbocycles. The van der Waals surface area contributed by atoms with Crippen LogP contribution in [-0.2, 0) is 16.1 Å². The molecule has 7 nitrogen and oxygen atoms in total. The van der Waals surface area contributed by atoms with Gasteiger partial charge in [0.05, 0.1) is 26.9 Å². The Labute approximate surface area is 206 Å². The predicted molar refractivity (Wildman–Crippen MR) is 133 cm³/mol. The second kappa shape index (κ2) is 11.4. The van der Waals surface area contributed by atoms with Crippen molar-refractivity contribution < 1.29 is 23.8 Å². The van der Waals surface area contributed by atoms with E-state index < -0.39 is 11.8 Å². The van der Waals surface area contributed by atoms with E-state index in [-0.39, 0.29) is 17.7 Å². The number of carbonyl (C=O) groups excluding carboxylic acids is 2. The first-order valence-electron chi connectivity index (χ1n) is 11.5. The Balaban J connectivity index is 1.98. The van der Waals surface area contributed by atoms with Gasteiger partial charge in [-0.3, -0.25) is 14.5 Å². The Bertz CT molecular complexity index is 1200. The summed E-state index contributed by atoms with van der Waals surface area (Å²) >= 11 is 0. The quantitative estimate of drug-likeness (QED) is 0.379. The lowest BCUT2D eigenvalue weighted by atomic mass is 9.93. The van der Waals surface area contributed by atoms with Crippen LogP contribution in [0, 0.1) is 17.2 Å². The molecule has 1 aliphatic heterocycles. The fourth-order valence-electron chi connectivity index (χ4n) is 3.61. The van der Waals surface area contributed by atoms with Gasteiger partial charge in [0.2, 0.25) is 0 Å². The van der Waals surface area contributed by atoms with Crippen LogP contribution in [0.1, 0.15) is 38.8 Å². The third kappa shape index (κ3) is 5.90. The maximum atomic E-state index is 13.4. The summed E-state index contributed by atoms with van der Waals surface area (Å²) in [7, 11) is 1.57. The number of methoxy groups -OCH3 is 1. The molecule has 2 amide bonds. The summed E-state index contributed by atoms with van der Waals surface area (Å²) in [5, 5.41) is 9.66. The number of hydrogen-bond acceptors (Lipinski definition) is 6. The molecule has 0 N–H and O–H groups in total. The zero-order valence-corrected chi connectivity index (χ0v) is 20.8. The van der Waals surface area contributed by atoms with Gasteiger partial charge >= 0.3 is 0 Å². The molecule has 0 saturated heterocycles. The van der Waals surface area contributed by atoms with E-state index in [1.807, 2.05) is 19.1 Å². The monoisotopic (exact) mass is 474 g/mol. The van der Waals surface area contributed by atoms with Gasteiger partial charge in [0.1, 0.15) is 17.4 Å². The van der Waals surface area contributed by atoms with Gasteiger partial charge in [-0.2, -0.15) is 5.26 Å². The summed E-state index contributed by atoms with van der Waals surface area (Å²) in [6.45, 7) is 8.69. The molecule has 0 atom stereocenters. The maximum absolute atomic E-state index is 13.4. The van der Waals surface area contributed by atoms with E-state index in [0.717, 1.165) is 10.5 Å². The Morgan fingerprint density at radius 3 is 2.34 bits per heavy atom. The van der Waals surface area contributed by atoms with E-state index in [2.05, 4.69) is 13.8 Å². The van der Waals surface area contributed by atoms with Gasteiger partial charge in [-0.05, 0) is 66.8 Å². The third-order valence-electron chi connectivity index (χ3n) is 5.48. The molecule has 2 aromatic carbocycles. The molecule has 0 spiro atoms. The first-order valence-corrected chi connectivity index (χ1v) is 11.5. The van der Waals surface area contributed by atoms with Crippen molar-refractivity contribution >= 4 is 17.9 Å². The molecule has 3 rings (SSSR count). The first-order chi connectivity index (χ1) is 16.8. The molecule has 0 aliphatic carbocycles. The average molecular weight is 475 g/mol. The minimum atomic E-state index is -0.601. The second-order valence-corrected chi connectivity index (χ2v) is 8.56. The zero-order valence-electron chi connectivity index (χ0n) is 20.8. The summed E-state index contributed by atoms with van der Waals surface area (Å²) in [5.41, 5.74) is 2.03. The van der Waals surface area contributed by atoms with Crippen LogP contribution < -0.4 is 14.2 Å². The number of nitrogens with zero attached hydrogens (tertiary/aromatic N) is 2. The van der Waals surface area contributed by atoms with Gasteiger partial charge in [-0.25, -0.2) is 0 Å². The van der Waals surface area contributed by atoms with Crippen LogP contribution in [0.25, 0.3) is 6.08 Å². The van der Waals surface area contributed by atoms with E-state index in [1.165, 1.54) is 0 Å². The maximum Gasteiger partial charge on any atom is 0.271 e. The Kier molecular flexibility index (Phi) is 8.32. The van der Waals surface area contributed by atoms with Gasteiger partial charge < -0.3 is 14.2 Å². The predicted octanol–water partition coefficient (Wildman–Crippen LogP) is 4.92. The van der Waals surface area contributed by atoms with Gasteiger partial charge in [-0.15, -0.1) is 0 Å². The number of amides is 2. The van der Waals surface area contributed by atoms with Crippen LogP contribution in [-0.4, -0.2) is 37.0 Å². The summed E-state index contributed by atoms with van der Waals surface area (Å²) in [6, 6.07) is 14.5. The van der Waals surface area contributed by atoms with E-state index >= 15 is 0 Å². The Morgan fingerprint density at radius 2 is 1.74 bits per heavy atom. The van der Waals surface area contributed by atoms with E-state index in [9.17, 15) is 14.9 Å². The van der Waals surface area contributed by atoms with Crippen LogP contribution in [0.2, 0.25) is 0 Å². The van der Waals surface area contributed by atoms with E-state index in [1.54, 1.807) is 56.5 Å². The molecule has 0 unspecified atom stereocenters. The number of imide groups is 1. The summed E-state index contributed by atoms with van der Waals surface area (Å²) in [4.78, 5) is 27.5. The number of rotatable bonds is 9. The molecule has 1 heterocycles. The molecule has 0 fully saturated rings. The molecule has 0 aromatic heterocycles. The van der Waals surface area contributed by atoms with Crippen LogP contribution in [0.5, 0.6) is 17.2 Å². The molecule has 35 heavy (non-hydrogen) atoms. The molecule has 0 radical (unpaired) electrons. The topological polar surface area (TPSA) is 88.9 Å². The van der Waals surface area contributed by atoms with Crippen molar-refractivity contribution in [2.75, 3.05) is 20.3 Å². The van der Waals surface area contributed by atoms with Gasteiger partial charge in [0.25, 0.3) is 11.8 Å². The third-order valence-corrected chi connectivity index (χ3v) is 5.48. The SMILES string of the molecule is CCOc1cc(/C=C2/C(=O)N(Cc3ccc(OC)cc3)C(=O)C(C#N)=C2C)ccc1OCC(C)C. The summed E-state index contributed by atoms with van der Waals surface area (Å²) in [5.74, 6) is 1.16. The first kappa shape index (κ1) is 25.6. The second-order valence-electron chi connectivity index (χ2n) is 8.56. The smallest absolute Gasteiger partial charge is 0.271 e. The lowest BCUT2D eigenvalue weighted by Gasteiger charge is -2.27. The molecular weight excluding hydrogens is 444 g/mol. The molecule has 182 valence electrons. The van der Waals surface area contributed by atoms with Gasteiger partial charge in [-0.1, -0.05) is 32.0 Å². The average Bonchev–Trinajstić information content (AvgIpc) is 2.84. The number of benzene rings is 2. The minimum absolute atomic E-state index is 0.0453. The molecule has 2 aromatic rings. The minimum Gasteiger partial charge on any atom is -0.497 e. The zero-order chi connectivity index (χ0) is 25.5. The van der Waals surface area contributed by atoms with Crippen molar-refractivity contribution in [2.24, 2.45) is 5.92 Å². The highest BCUT2D eigenvalue weighted by Gasteiger charge is 2.35. The number of carbonyl (C=O) groups is 2. The number of nitriles is 1. The van der Waals surface area contributed by atoms with Gasteiger partial charge in [0, 0.05) is 5.57 Å². The van der Waals surface area contributed by atoms with Crippen molar-refractivity contribution in [2.45, 2.75) is 34.2 Å². The van der Waals surface area contributed by atoms with Crippen molar-refractivity contribution in [1.82, 2.24) is 4.90 Å². The van der Waals surface area contributed by atoms with Crippen LogP contribution in [0.3, 0.4) is 0 Å². The van der Waals surface area contributed by atoms with Crippen molar-refractivity contribution in [3.8, 4) is 23.3 Å². The van der Waals surface area contributed by atoms with Crippen LogP contribution in [0.15, 0.2) is 59.2 Å². The van der Waals surface area contributed by atoms with Crippen molar-refractivity contribution in [3.05, 3.63) is 70.3 Å². The van der Waals surface area contributed by atoms with Crippen LogP contribution >= 0.6 is 0 Å². The van der Waals surface area contributed by atoms with Crippen molar-refractivity contribution in [1.29, 1.82) is 5.26 Å². The number of hydrogen-bond donors (Lipinski definition) is 0. The Morgan fingerprint density at radius 1 is 1.03 bits per heavy atom. The Hall–Kier alpha value is -4.05. The molecular formula is C28H30N2O5. The van der Waals surface area contributed by atoms with E-state index in [0.29, 0.717) is 47.5 Å². The van der Waals surface area contributed by atoms with E-state index in [4.69, 9.17) is 14.2 Å². The number of ether oxygens (including phenoxy) is 3. The highest BCUT2D eigenvalue weighted by Crippen LogP contribution is 2.32. The van der Waals surface area contributed by atoms with Crippen LogP contribution in [0.4, 0.5) is 0 Å². The highest BCUT2D eigenvalue weighted by molar-refractivity contribution is 6.19. The normalized spacial score (nSPS) is 15.0. The van der Waals surface area contributed by atoms with Gasteiger partial charge in [0.15, 0.2) is 11.5 Å². The fraction of sp³-hybridized carbons (Fsp3) is 0.321. The van der Waals surface area contributed by atoms with Crippen molar-refractivity contribution in [3.63, 3.8) is 0 Å². The fourth-order valence-corrected chi connectivity index (χ4v) is 3.61.